The molecule has 142 valence electrons. The fraction of sp³-hybridized carbons (Fsp3) is 0.0435. The van der Waals surface area contributed by atoms with Gasteiger partial charge in [0.05, 0.1) is 18.4 Å². The van der Waals surface area contributed by atoms with Gasteiger partial charge in [-0.2, -0.15) is 0 Å². The number of aromatic nitrogens is 3. The van der Waals surface area contributed by atoms with Gasteiger partial charge >= 0.3 is 0 Å². The van der Waals surface area contributed by atoms with E-state index in [1.165, 1.54) is 0 Å². The van der Waals surface area contributed by atoms with Gasteiger partial charge in [0.25, 0.3) is 5.56 Å². The van der Waals surface area contributed by atoms with E-state index in [4.69, 9.17) is 4.42 Å². The van der Waals surface area contributed by atoms with Crippen LogP contribution in [0.5, 0.6) is 0 Å². The van der Waals surface area contributed by atoms with Crippen molar-refractivity contribution < 1.29 is 4.42 Å². The maximum atomic E-state index is 13.1. The average Bonchev–Trinajstić information content (AvgIpc) is 3.38. The van der Waals surface area contributed by atoms with Crippen LogP contribution in [0.25, 0.3) is 17.1 Å². The van der Waals surface area contributed by atoms with Gasteiger partial charge in [-0.1, -0.05) is 60.3 Å². The monoisotopic (exact) mass is 399 g/mol. The van der Waals surface area contributed by atoms with Crippen LogP contribution in [0, 0.1) is 0 Å². The van der Waals surface area contributed by atoms with Crippen molar-refractivity contribution in [3.63, 3.8) is 0 Å². The fourth-order valence-corrected chi connectivity index (χ4v) is 4.14. The van der Waals surface area contributed by atoms with E-state index in [0.29, 0.717) is 17.9 Å². The summed E-state index contributed by atoms with van der Waals surface area (Å²) in [6.07, 6.45) is 3.79. The minimum Gasteiger partial charge on any atom is -0.469 e. The molecular formula is C23H17N3O2S. The third kappa shape index (κ3) is 3.50. The Kier molecular flexibility index (Phi) is 4.54. The lowest BCUT2D eigenvalue weighted by molar-refractivity contribution is 0.519. The predicted octanol–water partition coefficient (Wildman–Crippen LogP) is 5.00. The number of fused-ring (bicyclic) bond motifs is 1. The molecule has 6 heteroatoms. The quantitative estimate of drug-likeness (QED) is 0.452. The first-order valence-corrected chi connectivity index (χ1v) is 10.0. The number of nitrogens with zero attached hydrogens (tertiary/aromatic N) is 2. The first kappa shape index (κ1) is 17.6. The van der Waals surface area contributed by atoms with E-state index in [-0.39, 0.29) is 5.56 Å². The van der Waals surface area contributed by atoms with Crippen molar-refractivity contribution in [1.82, 2.24) is 14.5 Å². The van der Waals surface area contributed by atoms with E-state index < -0.39 is 0 Å². The van der Waals surface area contributed by atoms with E-state index in [1.54, 1.807) is 22.6 Å². The molecular weight excluding hydrogens is 382 g/mol. The number of furan rings is 1. The van der Waals surface area contributed by atoms with Crippen LogP contribution in [0.1, 0.15) is 11.5 Å². The number of nitrogens with one attached hydrogen (secondary N) is 1. The number of imidazole rings is 1. The number of hydrogen-bond acceptors (Lipinski definition) is 4. The molecule has 0 bridgehead atoms. The van der Waals surface area contributed by atoms with Crippen molar-refractivity contribution >= 4 is 11.8 Å². The first-order chi connectivity index (χ1) is 14.3. The van der Waals surface area contributed by atoms with Crippen LogP contribution in [0.4, 0.5) is 0 Å². The summed E-state index contributed by atoms with van der Waals surface area (Å²) in [7, 11) is 0. The summed E-state index contributed by atoms with van der Waals surface area (Å²) in [4.78, 5) is 22.3. The highest BCUT2D eigenvalue weighted by Gasteiger charge is 2.21. The molecule has 3 aromatic rings. The van der Waals surface area contributed by atoms with Gasteiger partial charge in [-0.05, 0) is 29.8 Å². The Morgan fingerprint density at radius 2 is 1.72 bits per heavy atom. The number of benzene rings is 2. The molecule has 0 unspecified atom stereocenters. The van der Waals surface area contributed by atoms with Crippen LogP contribution in [0.3, 0.4) is 0 Å². The van der Waals surface area contributed by atoms with Crippen molar-refractivity contribution in [2.45, 2.75) is 16.3 Å². The van der Waals surface area contributed by atoms with Gasteiger partial charge < -0.3 is 9.40 Å². The Bertz CT molecular complexity index is 1260. The van der Waals surface area contributed by atoms with Gasteiger partial charge in [0, 0.05) is 11.1 Å². The second-order valence-corrected chi connectivity index (χ2v) is 7.68. The van der Waals surface area contributed by atoms with E-state index in [9.17, 15) is 4.79 Å². The smallest absolute Gasteiger partial charge is 0.278 e. The first-order valence-electron chi connectivity index (χ1n) is 9.23. The molecule has 1 N–H and O–H groups in total. The number of H-pyrrole nitrogens is 1. The molecule has 0 spiro atoms. The van der Waals surface area contributed by atoms with E-state index in [1.807, 2.05) is 79.0 Å². The average molecular weight is 399 g/mol. The second-order valence-electron chi connectivity index (χ2n) is 6.59. The summed E-state index contributed by atoms with van der Waals surface area (Å²) in [5.74, 6) is 1.33. The Labute approximate surface area is 171 Å². The SMILES string of the molecule is O=c1c(Cc2ccco2)nc2c(Sc3ccccc3)[nH]c(-c3ccccc3)cn1-2. The standard InChI is InChI=1S/C23H17N3O2S/c27-23-19(14-17-10-7-13-28-17)24-21-22(29-18-11-5-2-6-12-18)25-20(15-26(21)23)16-8-3-1-4-9-16/h1-13,15,25H,14H2. The summed E-state index contributed by atoms with van der Waals surface area (Å²) in [5, 5.41) is 0.820. The Hall–Kier alpha value is -3.51. The van der Waals surface area contributed by atoms with Crippen molar-refractivity contribution in [2.75, 3.05) is 0 Å². The minimum atomic E-state index is -0.127. The normalized spacial score (nSPS) is 11.2. The van der Waals surface area contributed by atoms with Crippen LogP contribution >= 0.6 is 11.8 Å². The molecule has 2 aromatic carbocycles. The van der Waals surface area contributed by atoms with Gasteiger partial charge in [-0.3, -0.25) is 9.36 Å². The lowest BCUT2D eigenvalue weighted by Crippen LogP contribution is -2.16. The molecule has 1 aromatic heterocycles. The number of hydrogen-bond donors (Lipinski definition) is 1. The summed E-state index contributed by atoms with van der Waals surface area (Å²) in [5.41, 5.74) is 2.20. The highest BCUT2D eigenvalue weighted by Crippen LogP contribution is 2.32. The van der Waals surface area contributed by atoms with Crippen molar-refractivity contribution in [2.24, 2.45) is 0 Å². The maximum Gasteiger partial charge on any atom is 0.278 e. The lowest BCUT2D eigenvalue weighted by atomic mass is 10.2. The maximum absolute atomic E-state index is 13.1. The summed E-state index contributed by atoms with van der Waals surface area (Å²) >= 11 is 1.55. The van der Waals surface area contributed by atoms with Crippen LogP contribution in [-0.2, 0) is 6.42 Å². The van der Waals surface area contributed by atoms with E-state index in [2.05, 4.69) is 9.97 Å². The minimum absolute atomic E-state index is 0.127. The molecule has 0 saturated heterocycles. The molecule has 0 aliphatic carbocycles. The van der Waals surface area contributed by atoms with Crippen LogP contribution < -0.4 is 5.56 Å². The number of aromatic amines is 1. The number of rotatable bonds is 5. The van der Waals surface area contributed by atoms with Gasteiger partial charge in [0.2, 0.25) is 0 Å². The largest absolute Gasteiger partial charge is 0.469 e. The third-order valence-corrected chi connectivity index (χ3v) is 5.61. The zero-order valence-corrected chi connectivity index (χ0v) is 16.2. The molecule has 0 atom stereocenters. The van der Waals surface area contributed by atoms with Crippen LogP contribution in [-0.4, -0.2) is 14.5 Å². The summed E-state index contributed by atoms with van der Waals surface area (Å²) in [6.45, 7) is 0. The van der Waals surface area contributed by atoms with Crippen molar-refractivity contribution in [3.05, 3.63) is 107 Å². The third-order valence-electron chi connectivity index (χ3n) is 4.61. The molecule has 0 radical (unpaired) electrons. The zero-order valence-electron chi connectivity index (χ0n) is 15.4. The molecule has 5 rings (SSSR count). The van der Waals surface area contributed by atoms with Gasteiger partial charge in [0.15, 0.2) is 5.82 Å². The zero-order chi connectivity index (χ0) is 19.6. The molecule has 29 heavy (non-hydrogen) atoms. The second kappa shape index (κ2) is 7.48. The lowest BCUT2D eigenvalue weighted by Gasteiger charge is -2.12. The molecule has 5 nitrogen and oxygen atoms in total. The molecule has 0 amide bonds. The molecule has 0 fully saturated rings. The highest BCUT2D eigenvalue weighted by atomic mass is 32.2. The summed E-state index contributed by atoms with van der Waals surface area (Å²) < 4.78 is 7.03. The van der Waals surface area contributed by atoms with Gasteiger partial charge in [-0.25, -0.2) is 4.98 Å². The summed E-state index contributed by atoms with van der Waals surface area (Å²) in [6, 6.07) is 23.7. The molecule has 3 heterocycles. The Morgan fingerprint density at radius 1 is 0.966 bits per heavy atom. The Balaban J connectivity index is 1.66. The van der Waals surface area contributed by atoms with Crippen LogP contribution in [0.2, 0.25) is 0 Å². The predicted molar refractivity (Wildman–Crippen MR) is 113 cm³/mol. The van der Waals surface area contributed by atoms with Crippen LogP contribution in [0.15, 0.2) is 104 Å². The van der Waals surface area contributed by atoms with Crippen molar-refractivity contribution in [1.29, 1.82) is 0 Å². The molecule has 2 aliphatic rings. The Morgan fingerprint density at radius 3 is 2.45 bits per heavy atom. The topological polar surface area (TPSA) is 63.8 Å². The van der Waals surface area contributed by atoms with E-state index in [0.717, 1.165) is 26.9 Å². The molecule has 0 saturated carbocycles. The molecule has 2 aliphatic heterocycles. The van der Waals surface area contributed by atoms with Crippen molar-refractivity contribution in [3.8, 4) is 17.1 Å². The van der Waals surface area contributed by atoms with Gasteiger partial charge in [0.1, 0.15) is 16.5 Å². The highest BCUT2D eigenvalue weighted by molar-refractivity contribution is 7.99. The van der Waals surface area contributed by atoms with E-state index >= 15 is 0 Å². The van der Waals surface area contributed by atoms with Gasteiger partial charge in [-0.15, -0.1) is 0 Å². The fourth-order valence-electron chi connectivity index (χ4n) is 3.22.